The normalized spacial score (nSPS) is 18.3. The summed E-state index contributed by atoms with van der Waals surface area (Å²) in [4.78, 5) is 13.2. The lowest BCUT2D eigenvalue weighted by Crippen LogP contribution is -2.61. The number of carbonyl (C=O) groups excluding carboxylic acids is 1. The molecule has 508 valence electrons. The molecular weight excluding hydrogens is 1100 g/mol. The Labute approximate surface area is 530 Å². The van der Waals surface area contributed by atoms with Crippen LogP contribution in [0.15, 0.2) is 36.5 Å². The molecule has 1 heterocycles. The second-order valence-electron chi connectivity index (χ2n) is 25.9. The number of hydrogen-bond donors (Lipinski definition) is 6. The van der Waals surface area contributed by atoms with Crippen LogP contribution < -0.4 is 5.32 Å². The van der Waals surface area contributed by atoms with Gasteiger partial charge in [-0.15, -0.1) is 0 Å². The lowest BCUT2D eigenvalue weighted by atomic mass is 9.99. The molecule has 6 N–H and O–H groups in total. The van der Waals surface area contributed by atoms with Gasteiger partial charge in [-0.3, -0.25) is 9.35 Å². The Hall–Kier alpha value is -1.68. The Morgan fingerprint density at radius 2 is 0.779 bits per heavy atom. The van der Waals surface area contributed by atoms with Crippen LogP contribution in [0, 0.1) is 0 Å². The zero-order chi connectivity index (χ0) is 62.5. The zero-order valence-corrected chi connectivity index (χ0v) is 56.7. The number of nitrogens with one attached hydrogen (secondary N) is 1. The number of ether oxygens (including phenoxy) is 2. The smallest absolute Gasteiger partial charge is 0.394 e. The molecule has 0 spiro atoms. The van der Waals surface area contributed by atoms with E-state index < -0.39 is 59.9 Å². The van der Waals surface area contributed by atoms with Crippen molar-refractivity contribution in [2.24, 2.45) is 0 Å². The molecule has 0 aromatic carbocycles. The van der Waals surface area contributed by atoms with Crippen molar-refractivity contribution in [3.8, 4) is 0 Å². The van der Waals surface area contributed by atoms with Crippen molar-refractivity contribution in [1.82, 2.24) is 5.32 Å². The highest BCUT2D eigenvalue weighted by atomic mass is 32.3. The lowest BCUT2D eigenvalue weighted by molar-refractivity contribution is -0.298. The molecule has 0 saturated carbocycles. The van der Waals surface area contributed by atoms with Gasteiger partial charge in [0.25, 0.3) is 0 Å². The maximum absolute atomic E-state index is 13.2. The summed E-state index contributed by atoms with van der Waals surface area (Å²) in [5.41, 5.74) is 0. The van der Waals surface area contributed by atoms with Gasteiger partial charge in [0.2, 0.25) is 5.91 Å². The minimum absolute atomic E-state index is 0.256. The number of hydrogen-bond acceptors (Lipinski definition) is 10. The standard InChI is InChI=1S/C73H139NO11S/c1-3-5-7-9-11-13-15-17-19-21-23-25-27-28-29-30-31-32-33-34-35-36-37-38-39-40-41-43-45-47-49-51-53-55-57-59-61-63-69(77)74-66(65-83-73-71(79)72(85-86(80,81)82)70(78)68(64-75)84-73)67(76)62-60-58-56-54-52-50-48-46-44-42-26-24-22-20-18-16-14-12-10-8-6-4-2/h29-30,32-33,60,62,66-68,70-73,75-76,78-79H,3-28,31,34-59,61,63-65H2,1-2H3,(H,74,77)(H,80,81,82)/b30-29-,33-32-,62-60+. The molecule has 0 aliphatic carbocycles. The van der Waals surface area contributed by atoms with E-state index in [1.807, 2.05) is 6.08 Å². The summed E-state index contributed by atoms with van der Waals surface area (Å²) in [7, 11) is -5.09. The third kappa shape index (κ3) is 53.0. The van der Waals surface area contributed by atoms with Gasteiger partial charge in [-0.2, -0.15) is 8.42 Å². The number of allylic oxidation sites excluding steroid dienone is 5. The minimum Gasteiger partial charge on any atom is -0.394 e. The Morgan fingerprint density at radius 3 is 1.10 bits per heavy atom. The van der Waals surface area contributed by atoms with E-state index in [4.69, 9.17) is 9.47 Å². The molecule has 0 aromatic rings. The molecule has 0 bridgehead atoms. The van der Waals surface area contributed by atoms with Gasteiger partial charge in [0, 0.05) is 6.42 Å². The van der Waals surface area contributed by atoms with E-state index in [1.165, 1.54) is 295 Å². The van der Waals surface area contributed by atoms with Crippen molar-refractivity contribution >= 4 is 16.3 Å². The maximum Gasteiger partial charge on any atom is 0.397 e. The topological polar surface area (TPSA) is 192 Å². The van der Waals surface area contributed by atoms with E-state index in [1.54, 1.807) is 6.08 Å². The van der Waals surface area contributed by atoms with E-state index in [9.17, 15) is 38.2 Å². The highest BCUT2D eigenvalue weighted by Gasteiger charge is 2.48. The summed E-state index contributed by atoms with van der Waals surface area (Å²) in [6.07, 6.45) is 73.8. The van der Waals surface area contributed by atoms with E-state index in [0.29, 0.717) is 6.42 Å². The molecule has 0 radical (unpaired) electrons. The van der Waals surface area contributed by atoms with Gasteiger partial charge in [0.15, 0.2) is 6.29 Å². The van der Waals surface area contributed by atoms with E-state index in [2.05, 4.69) is 47.7 Å². The maximum atomic E-state index is 13.2. The Kier molecular flexibility index (Phi) is 59.5. The van der Waals surface area contributed by atoms with E-state index in [0.717, 1.165) is 44.9 Å². The fourth-order valence-corrected chi connectivity index (χ4v) is 12.5. The van der Waals surface area contributed by atoms with Crippen LogP contribution in [0.3, 0.4) is 0 Å². The van der Waals surface area contributed by atoms with Crippen molar-refractivity contribution < 1.29 is 51.8 Å². The summed E-state index contributed by atoms with van der Waals surface area (Å²) in [5.74, 6) is -0.256. The van der Waals surface area contributed by atoms with Crippen LogP contribution >= 0.6 is 0 Å². The molecule has 7 unspecified atom stereocenters. The monoisotopic (exact) mass is 1240 g/mol. The number of amides is 1. The van der Waals surface area contributed by atoms with Gasteiger partial charge in [-0.25, -0.2) is 4.18 Å². The van der Waals surface area contributed by atoms with Crippen LogP contribution in [-0.2, 0) is 28.9 Å². The molecule has 1 amide bonds. The highest BCUT2D eigenvalue weighted by Crippen LogP contribution is 2.26. The largest absolute Gasteiger partial charge is 0.397 e. The van der Waals surface area contributed by atoms with Crippen molar-refractivity contribution in [1.29, 1.82) is 0 Å². The quantitative estimate of drug-likeness (QED) is 0.0193. The van der Waals surface area contributed by atoms with Crippen molar-refractivity contribution in [3.05, 3.63) is 36.5 Å². The summed E-state index contributed by atoms with van der Waals surface area (Å²) < 4.78 is 48.1. The van der Waals surface area contributed by atoms with Gasteiger partial charge in [-0.1, -0.05) is 346 Å². The third-order valence-electron chi connectivity index (χ3n) is 17.7. The average Bonchev–Trinajstić information content (AvgIpc) is 1.61. The first kappa shape index (κ1) is 82.3. The number of aliphatic hydroxyl groups excluding tert-OH is 4. The average molecular weight is 1240 g/mol. The third-order valence-corrected chi connectivity index (χ3v) is 18.1. The molecule has 12 nitrogen and oxygen atoms in total. The van der Waals surface area contributed by atoms with Crippen molar-refractivity contribution in [2.75, 3.05) is 13.2 Å². The summed E-state index contributed by atoms with van der Waals surface area (Å²) in [6, 6.07) is -0.945. The molecule has 1 rings (SSSR count). The van der Waals surface area contributed by atoms with Crippen LogP contribution in [0.1, 0.15) is 367 Å². The number of aliphatic hydroxyl groups is 4. The second kappa shape index (κ2) is 62.1. The number of rotatable bonds is 66. The predicted octanol–water partition coefficient (Wildman–Crippen LogP) is 19.6. The molecule has 1 saturated heterocycles. The molecule has 0 aromatic heterocycles. The Morgan fingerprint density at radius 1 is 0.465 bits per heavy atom. The first-order valence-corrected chi connectivity index (χ1v) is 38.2. The minimum atomic E-state index is -5.09. The summed E-state index contributed by atoms with van der Waals surface area (Å²) >= 11 is 0. The fourth-order valence-electron chi connectivity index (χ4n) is 12.0. The van der Waals surface area contributed by atoms with E-state index >= 15 is 0 Å². The SMILES string of the molecule is CCCCCCCCCCCCCCC/C=C\C/C=C\CCCCCCCCCCCCCCCCCCCC(=O)NC(COC1OC(CO)C(O)C(OS(=O)(=O)O)C1O)C(O)/C=C/CCCCCCCCCCCCCCCCCCCCCC. The summed E-state index contributed by atoms with van der Waals surface area (Å²) in [5, 5.41) is 45.2. The Bertz CT molecular complexity index is 1650. The Balaban J connectivity index is 2.20. The molecule has 1 aliphatic rings. The van der Waals surface area contributed by atoms with Crippen molar-refractivity contribution in [2.45, 2.75) is 410 Å². The molecule has 1 fully saturated rings. The van der Waals surface area contributed by atoms with Gasteiger partial charge in [-0.05, 0) is 51.4 Å². The predicted molar refractivity (Wildman–Crippen MR) is 361 cm³/mol. The lowest BCUT2D eigenvalue weighted by Gasteiger charge is -2.41. The van der Waals surface area contributed by atoms with Crippen LogP contribution in [-0.4, -0.2) is 95.4 Å². The van der Waals surface area contributed by atoms with Crippen LogP contribution in [0.2, 0.25) is 0 Å². The molecule has 13 heteroatoms. The van der Waals surface area contributed by atoms with Crippen LogP contribution in [0.25, 0.3) is 0 Å². The first-order valence-electron chi connectivity index (χ1n) is 36.9. The first-order chi connectivity index (χ1) is 42.0. The van der Waals surface area contributed by atoms with Crippen LogP contribution in [0.4, 0.5) is 0 Å². The van der Waals surface area contributed by atoms with E-state index in [-0.39, 0.29) is 18.9 Å². The number of unbranched alkanes of at least 4 members (excludes halogenated alkanes) is 50. The van der Waals surface area contributed by atoms with Gasteiger partial charge < -0.3 is 35.2 Å². The van der Waals surface area contributed by atoms with Gasteiger partial charge >= 0.3 is 10.4 Å². The van der Waals surface area contributed by atoms with Crippen molar-refractivity contribution in [3.63, 3.8) is 0 Å². The second-order valence-corrected chi connectivity index (χ2v) is 26.9. The molecule has 86 heavy (non-hydrogen) atoms. The summed E-state index contributed by atoms with van der Waals surface area (Å²) in [6.45, 7) is 3.46. The van der Waals surface area contributed by atoms with Gasteiger partial charge in [0.1, 0.15) is 24.4 Å². The molecule has 7 atom stereocenters. The van der Waals surface area contributed by atoms with Crippen LogP contribution in [0.5, 0.6) is 0 Å². The fraction of sp³-hybridized carbons (Fsp3) is 0.904. The molecule has 1 aliphatic heterocycles. The number of carbonyl (C=O) groups is 1. The zero-order valence-electron chi connectivity index (χ0n) is 55.9. The van der Waals surface area contributed by atoms with Gasteiger partial charge in [0.05, 0.1) is 25.4 Å². The molecular formula is C73H139NO11S. The highest BCUT2D eigenvalue weighted by molar-refractivity contribution is 7.80.